The molecule has 2 fully saturated rings. The van der Waals surface area contributed by atoms with Gasteiger partial charge in [0.1, 0.15) is 5.82 Å². The Hall–Kier alpha value is -1.29. The van der Waals surface area contributed by atoms with Gasteiger partial charge >= 0.3 is 0 Å². The second-order valence-corrected chi connectivity index (χ2v) is 6.45. The number of nitrogens with zero attached hydrogens (tertiary/aromatic N) is 1. The Kier molecular flexibility index (Phi) is 4.57. The van der Waals surface area contributed by atoms with E-state index in [1.807, 2.05) is 12.1 Å². The number of alkyl halides is 2. The molecule has 1 aromatic carbocycles. The molecule has 1 nitrogen and oxygen atoms in total. The van der Waals surface area contributed by atoms with Crippen molar-refractivity contribution >= 4 is 0 Å². The number of hydrogen-bond acceptors (Lipinski definition) is 1. The van der Waals surface area contributed by atoms with Crippen molar-refractivity contribution in [1.82, 2.24) is 4.90 Å². The highest BCUT2D eigenvalue weighted by molar-refractivity contribution is 5.27. The van der Waals surface area contributed by atoms with Crippen LogP contribution in [0.25, 0.3) is 0 Å². The Balaban J connectivity index is 1.88. The fraction of sp³-hybridized carbons (Fsp3) is 0.556. The minimum Gasteiger partial charge on any atom is -0.293 e. The molecule has 0 bridgehead atoms. The first-order chi connectivity index (χ1) is 10.5. The molecule has 0 aromatic heterocycles. The average Bonchev–Trinajstić information content (AvgIpc) is 2.97. The van der Waals surface area contributed by atoms with Crippen LogP contribution >= 0.6 is 0 Å². The van der Waals surface area contributed by atoms with Gasteiger partial charge in [-0.3, -0.25) is 4.90 Å². The van der Waals surface area contributed by atoms with E-state index in [1.165, 1.54) is 12.1 Å². The molecule has 0 amide bonds. The normalized spacial score (nSPS) is 25.5. The smallest absolute Gasteiger partial charge is 0.251 e. The SMILES string of the molecule is Fc1cccc(C(/C=C2\CCCC(F)(F)C2)N2CCCC2)c1. The highest BCUT2D eigenvalue weighted by Crippen LogP contribution is 2.38. The predicted molar refractivity (Wildman–Crippen MR) is 81.4 cm³/mol. The summed E-state index contributed by atoms with van der Waals surface area (Å²) in [5.74, 6) is -2.85. The molecule has 1 heterocycles. The zero-order valence-electron chi connectivity index (χ0n) is 12.7. The first-order valence-electron chi connectivity index (χ1n) is 8.10. The Morgan fingerprint density at radius 3 is 2.59 bits per heavy atom. The van der Waals surface area contributed by atoms with Crippen LogP contribution in [-0.2, 0) is 0 Å². The van der Waals surface area contributed by atoms with Crippen molar-refractivity contribution in [2.24, 2.45) is 0 Å². The van der Waals surface area contributed by atoms with Crippen LogP contribution in [0.4, 0.5) is 13.2 Å². The third-order valence-corrected chi connectivity index (χ3v) is 4.64. The predicted octanol–water partition coefficient (Wildman–Crippen LogP) is 5.10. The van der Waals surface area contributed by atoms with E-state index in [1.54, 1.807) is 6.07 Å². The van der Waals surface area contributed by atoms with E-state index in [9.17, 15) is 13.2 Å². The van der Waals surface area contributed by atoms with Crippen molar-refractivity contribution in [2.45, 2.75) is 50.5 Å². The molecule has 1 aliphatic heterocycles. The van der Waals surface area contributed by atoms with Gasteiger partial charge in [0.2, 0.25) is 0 Å². The summed E-state index contributed by atoms with van der Waals surface area (Å²) < 4.78 is 40.8. The van der Waals surface area contributed by atoms with Crippen LogP contribution in [0.15, 0.2) is 35.9 Å². The molecule has 1 saturated heterocycles. The van der Waals surface area contributed by atoms with Crippen LogP contribution in [0.1, 0.15) is 50.1 Å². The van der Waals surface area contributed by atoms with Crippen molar-refractivity contribution in [2.75, 3.05) is 13.1 Å². The van der Waals surface area contributed by atoms with Crippen LogP contribution in [0.5, 0.6) is 0 Å². The standard InChI is InChI=1S/C18H22F3N/c19-16-7-3-6-15(12-16)17(22-9-1-2-10-22)11-14-5-4-8-18(20,21)13-14/h3,6-7,11-12,17H,1-2,4-5,8-10,13H2/b14-11+. The van der Waals surface area contributed by atoms with Gasteiger partial charge in [-0.15, -0.1) is 0 Å². The average molecular weight is 309 g/mol. The summed E-state index contributed by atoms with van der Waals surface area (Å²) >= 11 is 0. The van der Waals surface area contributed by atoms with Crippen LogP contribution in [-0.4, -0.2) is 23.9 Å². The molecule has 120 valence electrons. The van der Waals surface area contributed by atoms with Gasteiger partial charge in [-0.05, 0) is 56.5 Å². The monoisotopic (exact) mass is 309 g/mol. The lowest BCUT2D eigenvalue weighted by molar-refractivity contribution is -0.0189. The molecule has 0 radical (unpaired) electrons. The number of hydrogen-bond donors (Lipinski definition) is 0. The van der Waals surface area contributed by atoms with Crippen LogP contribution in [0, 0.1) is 5.82 Å². The summed E-state index contributed by atoms with van der Waals surface area (Å²) in [6.07, 6.45) is 5.30. The molecule has 1 aromatic rings. The fourth-order valence-electron chi connectivity index (χ4n) is 3.57. The van der Waals surface area contributed by atoms with Crippen LogP contribution in [0.2, 0.25) is 0 Å². The van der Waals surface area contributed by atoms with E-state index in [4.69, 9.17) is 0 Å². The molecule has 0 N–H and O–H groups in total. The third kappa shape index (κ3) is 3.72. The molecule has 2 aliphatic rings. The summed E-state index contributed by atoms with van der Waals surface area (Å²) in [5.41, 5.74) is 1.68. The van der Waals surface area contributed by atoms with Crippen molar-refractivity contribution in [1.29, 1.82) is 0 Å². The first kappa shape index (κ1) is 15.6. The molecule has 4 heteroatoms. The lowest BCUT2D eigenvalue weighted by atomic mass is 9.89. The highest BCUT2D eigenvalue weighted by atomic mass is 19.3. The number of rotatable bonds is 3. The van der Waals surface area contributed by atoms with E-state index in [0.717, 1.165) is 43.5 Å². The number of likely N-dealkylation sites (tertiary alicyclic amines) is 1. The van der Waals surface area contributed by atoms with Crippen LogP contribution < -0.4 is 0 Å². The molecule has 3 rings (SSSR count). The minimum absolute atomic E-state index is 0.0152. The quantitative estimate of drug-likeness (QED) is 0.702. The zero-order valence-corrected chi connectivity index (χ0v) is 12.7. The Morgan fingerprint density at radius 2 is 1.91 bits per heavy atom. The van der Waals surface area contributed by atoms with Gasteiger partial charge in [0, 0.05) is 12.8 Å². The second kappa shape index (κ2) is 6.45. The van der Waals surface area contributed by atoms with Crippen molar-refractivity contribution in [3.8, 4) is 0 Å². The van der Waals surface area contributed by atoms with Crippen LogP contribution in [0.3, 0.4) is 0 Å². The van der Waals surface area contributed by atoms with Gasteiger partial charge in [-0.25, -0.2) is 13.2 Å². The Bertz CT molecular complexity index is 547. The molecule has 22 heavy (non-hydrogen) atoms. The molecular formula is C18H22F3N. The van der Waals surface area contributed by atoms with E-state index in [-0.39, 0.29) is 24.7 Å². The van der Waals surface area contributed by atoms with E-state index >= 15 is 0 Å². The summed E-state index contributed by atoms with van der Waals surface area (Å²) in [4.78, 5) is 2.27. The molecule has 1 aliphatic carbocycles. The summed E-state index contributed by atoms with van der Waals surface area (Å²) in [7, 11) is 0. The van der Waals surface area contributed by atoms with Gasteiger partial charge in [-0.2, -0.15) is 0 Å². The lowest BCUT2D eigenvalue weighted by Gasteiger charge is -2.29. The zero-order chi connectivity index (χ0) is 15.6. The Morgan fingerprint density at radius 1 is 1.14 bits per heavy atom. The molecule has 0 spiro atoms. The molecule has 1 saturated carbocycles. The largest absolute Gasteiger partial charge is 0.293 e. The van der Waals surface area contributed by atoms with Crippen molar-refractivity contribution < 1.29 is 13.2 Å². The number of benzene rings is 1. The van der Waals surface area contributed by atoms with E-state index in [2.05, 4.69) is 4.90 Å². The van der Waals surface area contributed by atoms with Gasteiger partial charge in [0.05, 0.1) is 6.04 Å². The van der Waals surface area contributed by atoms with E-state index in [0.29, 0.717) is 6.42 Å². The van der Waals surface area contributed by atoms with Gasteiger partial charge in [-0.1, -0.05) is 23.8 Å². The van der Waals surface area contributed by atoms with Gasteiger partial charge in [0.15, 0.2) is 0 Å². The minimum atomic E-state index is -2.58. The topological polar surface area (TPSA) is 3.24 Å². The first-order valence-corrected chi connectivity index (χ1v) is 8.10. The molecular weight excluding hydrogens is 287 g/mol. The van der Waals surface area contributed by atoms with Gasteiger partial charge in [0.25, 0.3) is 5.92 Å². The van der Waals surface area contributed by atoms with Crippen molar-refractivity contribution in [3.05, 3.63) is 47.3 Å². The fourth-order valence-corrected chi connectivity index (χ4v) is 3.57. The maximum Gasteiger partial charge on any atom is 0.251 e. The second-order valence-electron chi connectivity index (χ2n) is 6.45. The van der Waals surface area contributed by atoms with Crippen molar-refractivity contribution in [3.63, 3.8) is 0 Å². The summed E-state index contributed by atoms with van der Waals surface area (Å²) in [6.45, 7) is 1.89. The highest BCUT2D eigenvalue weighted by Gasteiger charge is 2.34. The molecule has 1 atom stereocenters. The third-order valence-electron chi connectivity index (χ3n) is 4.64. The summed E-state index contributed by atoms with van der Waals surface area (Å²) in [6, 6.07) is 6.46. The number of allylic oxidation sites excluding steroid dienone is 1. The Labute approximate surface area is 129 Å². The lowest BCUT2D eigenvalue weighted by Crippen LogP contribution is -2.26. The summed E-state index contributed by atoms with van der Waals surface area (Å²) in [5, 5.41) is 0. The van der Waals surface area contributed by atoms with E-state index < -0.39 is 5.92 Å². The maximum absolute atomic E-state index is 13.6. The maximum atomic E-state index is 13.6. The number of halogens is 3. The molecule has 1 unspecified atom stereocenters. The van der Waals surface area contributed by atoms with Gasteiger partial charge < -0.3 is 0 Å².